The van der Waals surface area contributed by atoms with Crippen LogP contribution in [0.1, 0.15) is 42.1 Å². The van der Waals surface area contributed by atoms with Crippen LogP contribution in [0.4, 0.5) is 0 Å². The van der Waals surface area contributed by atoms with Crippen molar-refractivity contribution in [2.45, 2.75) is 38.8 Å². The minimum Gasteiger partial charge on any atom is -0.378 e. The van der Waals surface area contributed by atoms with Crippen LogP contribution in [0.3, 0.4) is 0 Å². The normalized spacial score (nSPS) is 16.7. The molecule has 6 nitrogen and oxygen atoms in total. The van der Waals surface area contributed by atoms with Gasteiger partial charge in [-0.1, -0.05) is 12.1 Å². The summed E-state index contributed by atoms with van der Waals surface area (Å²) in [7, 11) is 3.51. The van der Waals surface area contributed by atoms with Crippen molar-refractivity contribution in [1.29, 1.82) is 0 Å². The van der Waals surface area contributed by atoms with E-state index < -0.39 is 0 Å². The lowest BCUT2D eigenvalue weighted by molar-refractivity contribution is 0.0827. The molecule has 2 rings (SSSR count). The van der Waals surface area contributed by atoms with Crippen LogP contribution in [0.2, 0.25) is 0 Å². The van der Waals surface area contributed by atoms with Crippen molar-refractivity contribution in [3.63, 3.8) is 0 Å². The number of benzene rings is 1. The molecular formula is C19H31IN4O2. The van der Waals surface area contributed by atoms with Crippen LogP contribution >= 0.6 is 24.0 Å². The maximum Gasteiger partial charge on any atom is 0.253 e. The standard InChI is InChI=1S/C19H30N4O2.HI/c1-4-20-19(21-12-11-17-6-5-13-25-17)22-14-15-7-9-16(10-8-15)18(24)23(2)3;/h7-10,17H,4-6,11-14H2,1-3H3,(H2,20,21,22);1H. The van der Waals surface area contributed by atoms with Gasteiger partial charge in [0.25, 0.3) is 5.91 Å². The number of nitrogens with zero attached hydrogens (tertiary/aromatic N) is 2. The molecule has 0 radical (unpaired) electrons. The molecule has 1 aromatic rings. The van der Waals surface area contributed by atoms with E-state index in [9.17, 15) is 4.79 Å². The number of nitrogens with one attached hydrogen (secondary N) is 2. The van der Waals surface area contributed by atoms with Gasteiger partial charge in [0.05, 0.1) is 12.6 Å². The minimum absolute atomic E-state index is 0. The van der Waals surface area contributed by atoms with Crippen molar-refractivity contribution in [3.05, 3.63) is 35.4 Å². The first-order chi connectivity index (χ1) is 12.1. The first-order valence-corrected chi connectivity index (χ1v) is 9.04. The number of hydrogen-bond acceptors (Lipinski definition) is 3. The van der Waals surface area contributed by atoms with Crippen LogP contribution in [0.5, 0.6) is 0 Å². The molecule has 1 unspecified atom stereocenters. The van der Waals surface area contributed by atoms with E-state index in [1.54, 1.807) is 19.0 Å². The van der Waals surface area contributed by atoms with E-state index in [1.807, 2.05) is 24.3 Å². The molecule has 0 aliphatic carbocycles. The number of rotatable bonds is 7. The van der Waals surface area contributed by atoms with Crippen LogP contribution < -0.4 is 10.6 Å². The molecular weight excluding hydrogens is 443 g/mol. The Bertz CT molecular complexity index is 569. The Morgan fingerprint density at radius 2 is 2.00 bits per heavy atom. The Morgan fingerprint density at radius 3 is 2.58 bits per heavy atom. The highest BCUT2D eigenvalue weighted by atomic mass is 127. The summed E-state index contributed by atoms with van der Waals surface area (Å²) < 4.78 is 5.64. The van der Waals surface area contributed by atoms with Gasteiger partial charge in [-0.05, 0) is 43.9 Å². The van der Waals surface area contributed by atoms with Gasteiger partial charge in [-0.15, -0.1) is 24.0 Å². The second kappa shape index (κ2) is 12.1. The zero-order valence-corrected chi connectivity index (χ0v) is 18.3. The summed E-state index contributed by atoms with van der Waals surface area (Å²) in [6, 6.07) is 7.61. The molecule has 0 saturated carbocycles. The predicted octanol–water partition coefficient (Wildman–Crippen LogP) is 2.63. The summed E-state index contributed by atoms with van der Waals surface area (Å²) in [6.45, 7) is 5.20. The molecule has 26 heavy (non-hydrogen) atoms. The third kappa shape index (κ3) is 7.49. The summed E-state index contributed by atoms with van der Waals surface area (Å²) in [5.41, 5.74) is 1.77. The van der Waals surface area contributed by atoms with Crippen molar-refractivity contribution in [3.8, 4) is 0 Å². The third-order valence-corrected chi connectivity index (χ3v) is 4.15. The maximum atomic E-state index is 11.9. The number of ether oxygens (including phenoxy) is 1. The van der Waals surface area contributed by atoms with E-state index in [2.05, 4.69) is 22.5 Å². The molecule has 1 amide bonds. The third-order valence-electron chi connectivity index (χ3n) is 4.15. The summed E-state index contributed by atoms with van der Waals surface area (Å²) in [5.74, 6) is 0.827. The van der Waals surface area contributed by atoms with Crippen LogP contribution in [-0.4, -0.2) is 56.7 Å². The second-order valence-corrected chi connectivity index (χ2v) is 6.44. The van der Waals surface area contributed by atoms with Gasteiger partial charge in [0, 0.05) is 39.4 Å². The van der Waals surface area contributed by atoms with E-state index in [1.165, 1.54) is 6.42 Å². The van der Waals surface area contributed by atoms with Gasteiger partial charge in [-0.3, -0.25) is 4.79 Å². The molecule has 0 spiro atoms. The van der Waals surface area contributed by atoms with E-state index >= 15 is 0 Å². The fraction of sp³-hybridized carbons (Fsp3) is 0.579. The molecule has 1 saturated heterocycles. The summed E-state index contributed by atoms with van der Waals surface area (Å²) in [6.07, 6.45) is 3.72. The average molecular weight is 474 g/mol. The number of hydrogen-bond donors (Lipinski definition) is 2. The smallest absolute Gasteiger partial charge is 0.253 e. The zero-order chi connectivity index (χ0) is 18.1. The van der Waals surface area contributed by atoms with Gasteiger partial charge < -0.3 is 20.3 Å². The summed E-state index contributed by atoms with van der Waals surface area (Å²) in [5, 5.41) is 6.62. The number of amides is 1. The molecule has 1 atom stereocenters. The molecule has 7 heteroatoms. The van der Waals surface area contributed by atoms with Crippen molar-refractivity contribution in [2.75, 3.05) is 33.8 Å². The highest BCUT2D eigenvalue weighted by Gasteiger charge is 2.14. The van der Waals surface area contributed by atoms with Gasteiger partial charge in [-0.25, -0.2) is 4.99 Å². The molecule has 0 aromatic heterocycles. The first kappa shape index (κ1) is 22.7. The second-order valence-electron chi connectivity index (χ2n) is 6.44. The number of carbonyl (C=O) groups is 1. The fourth-order valence-electron chi connectivity index (χ4n) is 2.75. The molecule has 1 aliphatic heterocycles. The van der Waals surface area contributed by atoms with Crippen molar-refractivity contribution >= 4 is 35.8 Å². The van der Waals surface area contributed by atoms with Crippen LogP contribution in [-0.2, 0) is 11.3 Å². The zero-order valence-electron chi connectivity index (χ0n) is 16.0. The van der Waals surface area contributed by atoms with Crippen LogP contribution in [0.25, 0.3) is 0 Å². The highest BCUT2D eigenvalue weighted by molar-refractivity contribution is 14.0. The molecule has 1 fully saturated rings. The Hall–Kier alpha value is -1.35. The first-order valence-electron chi connectivity index (χ1n) is 9.04. The Balaban J connectivity index is 0.00000338. The Labute approximate surface area is 173 Å². The SMILES string of the molecule is CCNC(=NCc1ccc(C(=O)N(C)C)cc1)NCCC1CCCO1.I. The lowest BCUT2D eigenvalue weighted by Crippen LogP contribution is -2.38. The monoisotopic (exact) mass is 474 g/mol. The van der Waals surface area contributed by atoms with Crippen molar-refractivity contribution in [2.24, 2.45) is 4.99 Å². The van der Waals surface area contributed by atoms with E-state index in [4.69, 9.17) is 4.74 Å². The minimum atomic E-state index is 0. The molecule has 146 valence electrons. The number of halogens is 1. The Kier molecular flexibility index (Phi) is 10.6. The predicted molar refractivity (Wildman–Crippen MR) is 116 cm³/mol. The average Bonchev–Trinajstić information content (AvgIpc) is 3.13. The lowest BCUT2D eigenvalue weighted by Gasteiger charge is -2.14. The topological polar surface area (TPSA) is 66.0 Å². The van der Waals surface area contributed by atoms with Gasteiger partial charge in [0.1, 0.15) is 0 Å². The molecule has 1 heterocycles. The van der Waals surface area contributed by atoms with Gasteiger partial charge in [0.15, 0.2) is 5.96 Å². The number of aliphatic imine (C=N–C) groups is 1. The molecule has 1 aliphatic rings. The number of guanidine groups is 1. The van der Waals surface area contributed by atoms with Crippen LogP contribution in [0.15, 0.2) is 29.3 Å². The molecule has 2 N–H and O–H groups in total. The summed E-state index contributed by atoms with van der Waals surface area (Å²) >= 11 is 0. The largest absolute Gasteiger partial charge is 0.378 e. The van der Waals surface area contributed by atoms with Gasteiger partial charge in [0.2, 0.25) is 0 Å². The molecule has 0 bridgehead atoms. The van der Waals surface area contributed by atoms with Gasteiger partial charge in [-0.2, -0.15) is 0 Å². The number of carbonyl (C=O) groups excluding carboxylic acids is 1. The van der Waals surface area contributed by atoms with Crippen LogP contribution in [0, 0.1) is 0 Å². The highest BCUT2D eigenvalue weighted by Crippen LogP contribution is 2.14. The van der Waals surface area contributed by atoms with E-state index in [-0.39, 0.29) is 29.9 Å². The van der Waals surface area contributed by atoms with E-state index in [0.717, 1.165) is 44.1 Å². The Morgan fingerprint density at radius 1 is 1.27 bits per heavy atom. The lowest BCUT2D eigenvalue weighted by atomic mass is 10.1. The van der Waals surface area contributed by atoms with Gasteiger partial charge >= 0.3 is 0 Å². The maximum absolute atomic E-state index is 11.9. The van der Waals surface area contributed by atoms with Crippen molar-refractivity contribution < 1.29 is 9.53 Å². The van der Waals surface area contributed by atoms with Crippen molar-refractivity contribution in [1.82, 2.24) is 15.5 Å². The fourth-order valence-corrected chi connectivity index (χ4v) is 2.75. The summed E-state index contributed by atoms with van der Waals surface area (Å²) in [4.78, 5) is 18.1. The van der Waals surface area contributed by atoms with E-state index in [0.29, 0.717) is 18.2 Å². The molecule has 1 aromatic carbocycles. The quantitative estimate of drug-likeness (QED) is 0.363.